The molecule has 0 unspecified atom stereocenters. The van der Waals surface area contributed by atoms with Gasteiger partial charge in [-0.3, -0.25) is 10.1 Å². The predicted octanol–water partition coefficient (Wildman–Crippen LogP) is 2.03. The van der Waals surface area contributed by atoms with Gasteiger partial charge in [0.1, 0.15) is 12.1 Å². The van der Waals surface area contributed by atoms with Gasteiger partial charge in [0.25, 0.3) is 0 Å². The first-order valence-electron chi connectivity index (χ1n) is 5.61. The maximum atomic E-state index is 11.0. The highest BCUT2D eigenvalue weighted by atomic mass is 16.6. The van der Waals surface area contributed by atoms with E-state index in [4.69, 9.17) is 10.5 Å². The van der Waals surface area contributed by atoms with Gasteiger partial charge in [-0.15, -0.1) is 0 Å². The Hall–Kier alpha value is -2.70. The van der Waals surface area contributed by atoms with Gasteiger partial charge in [0.05, 0.1) is 11.5 Å². The van der Waals surface area contributed by atoms with Crippen LogP contribution in [0.15, 0.2) is 30.6 Å². The van der Waals surface area contributed by atoms with Gasteiger partial charge in [0.2, 0.25) is 5.82 Å². The summed E-state index contributed by atoms with van der Waals surface area (Å²) >= 11 is 0. The highest BCUT2D eigenvalue weighted by molar-refractivity contribution is 5.75. The van der Waals surface area contributed by atoms with Crippen LogP contribution in [0.2, 0.25) is 0 Å². The van der Waals surface area contributed by atoms with E-state index in [9.17, 15) is 10.1 Å². The third-order valence-corrected chi connectivity index (χ3v) is 2.47. The van der Waals surface area contributed by atoms with Gasteiger partial charge in [-0.25, -0.2) is 9.97 Å². The first-order valence-corrected chi connectivity index (χ1v) is 5.61. The van der Waals surface area contributed by atoms with Crippen molar-refractivity contribution in [2.45, 2.75) is 6.92 Å². The SMILES string of the molecule is CCOc1ccc(-c2ncnc(N)c2[N+](=O)[O-])cc1. The number of anilines is 1. The predicted molar refractivity (Wildman–Crippen MR) is 69.7 cm³/mol. The Morgan fingerprint density at radius 1 is 1.32 bits per heavy atom. The van der Waals surface area contributed by atoms with Crippen molar-refractivity contribution in [2.75, 3.05) is 12.3 Å². The van der Waals surface area contributed by atoms with E-state index in [1.54, 1.807) is 24.3 Å². The van der Waals surface area contributed by atoms with Crippen LogP contribution in [0.25, 0.3) is 11.3 Å². The van der Waals surface area contributed by atoms with Crippen LogP contribution in [-0.2, 0) is 0 Å². The zero-order chi connectivity index (χ0) is 13.8. The van der Waals surface area contributed by atoms with Crippen LogP contribution in [0.3, 0.4) is 0 Å². The quantitative estimate of drug-likeness (QED) is 0.666. The standard InChI is InChI=1S/C12H12N4O3/c1-2-19-9-5-3-8(4-6-9)10-11(16(17)18)12(13)15-7-14-10/h3-7H,2H2,1H3,(H2,13,14,15). The molecule has 98 valence electrons. The van der Waals surface area contributed by atoms with Crippen LogP contribution in [0, 0.1) is 10.1 Å². The molecule has 2 rings (SSSR count). The summed E-state index contributed by atoms with van der Waals surface area (Å²) in [5.41, 5.74) is 6.02. The zero-order valence-corrected chi connectivity index (χ0v) is 10.2. The van der Waals surface area contributed by atoms with Gasteiger partial charge >= 0.3 is 5.69 Å². The summed E-state index contributed by atoms with van der Waals surface area (Å²) in [5, 5.41) is 11.0. The lowest BCUT2D eigenvalue weighted by molar-refractivity contribution is -0.383. The molecule has 1 heterocycles. The fraction of sp³-hybridized carbons (Fsp3) is 0.167. The summed E-state index contributed by atoms with van der Waals surface area (Å²) in [7, 11) is 0. The van der Waals surface area contributed by atoms with Crippen molar-refractivity contribution in [1.29, 1.82) is 0 Å². The Labute approximate surface area is 109 Å². The number of nitrogen functional groups attached to an aromatic ring is 1. The van der Waals surface area contributed by atoms with E-state index in [0.717, 1.165) is 0 Å². The first kappa shape index (κ1) is 12.7. The summed E-state index contributed by atoms with van der Waals surface area (Å²) in [6.45, 7) is 2.43. The summed E-state index contributed by atoms with van der Waals surface area (Å²) < 4.78 is 5.31. The molecule has 0 aliphatic heterocycles. The minimum atomic E-state index is -0.582. The van der Waals surface area contributed by atoms with Gasteiger partial charge in [-0.05, 0) is 31.2 Å². The monoisotopic (exact) mass is 260 g/mol. The molecule has 0 radical (unpaired) electrons. The molecular formula is C12H12N4O3. The van der Waals surface area contributed by atoms with Crippen LogP contribution in [0.1, 0.15) is 6.92 Å². The molecule has 0 atom stereocenters. The third kappa shape index (κ3) is 2.59. The van der Waals surface area contributed by atoms with Gasteiger partial charge < -0.3 is 10.5 Å². The fourth-order valence-electron chi connectivity index (χ4n) is 1.66. The Morgan fingerprint density at radius 3 is 2.58 bits per heavy atom. The second-order valence-electron chi connectivity index (χ2n) is 3.67. The van der Waals surface area contributed by atoms with E-state index in [0.29, 0.717) is 17.9 Å². The number of nitrogens with zero attached hydrogens (tertiary/aromatic N) is 3. The molecule has 2 N–H and O–H groups in total. The normalized spacial score (nSPS) is 10.2. The van der Waals surface area contributed by atoms with Gasteiger partial charge in [0, 0.05) is 5.56 Å². The van der Waals surface area contributed by atoms with Gasteiger partial charge in [0.15, 0.2) is 5.69 Å². The molecule has 1 aromatic carbocycles. The number of benzene rings is 1. The van der Waals surface area contributed by atoms with Crippen molar-refractivity contribution < 1.29 is 9.66 Å². The topological polar surface area (TPSA) is 104 Å². The van der Waals surface area contributed by atoms with E-state index >= 15 is 0 Å². The number of hydrogen-bond acceptors (Lipinski definition) is 6. The summed E-state index contributed by atoms with van der Waals surface area (Å²) in [6.07, 6.45) is 1.20. The molecule has 0 aliphatic rings. The molecule has 7 heteroatoms. The molecule has 0 amide bonds. The van der Waals surface area contributed by atoms with Crippen LogP contribution in [0.4, 0.5) is 11.5 Å². The zero-order valence-electron chi connectivity index (χ0n) is 10.2. The van der Waals surface area contributed by atoms with Crippen LogP contribution >= 0.6 is 0 Å². The number of ether oxygens (including phenoxy) is 1. The van der Waals surface area contributed by atoms with Crippen molar-refractivity contribution in [2.24, 2.45) is 0 Å². The Balaban J connectivity index is 2.47. The molecule has 0 aliphatic carbocycles. The van der Waals surface area contributed by atoms with Crippen molar-refractivity contribution in [3.05, 3.63) is 40.7 Å². The summed E-state index contributed by atoms with van der Waals surface area (Å²) in [6, 6.07) is 6.83. The molecule has 0 saturated heterocycles. The first-order chi connectivity index (χ1) is 9.13. The number of nitrogens with two attached hydrogens (primary N) is 1. The largest absolute Gasteiger partial charge is 0.494 e. The van der Waals surface area contributed by atoms with Crippen LogP contribution < -0.4 is 10.5 Å². The molecule has 7 nitrogen and oxygen atoms in total. The Bertz CT molecular complexity index is 598. The smallest absolute Gasteiger partial charge is 0.337 e. The molecule has 0 fully saturated rings. The molecule has 2 aromatic rings. The maximum Gasteiger partial charge on any atom is 0.337 e. The summed E-state index contributed by atoms with van der Waals surface area (Å²) in [5.74, 6) is 0.541. The average Bonchev–Trinajstić information content (AvgIpc) is 2.39. The minimum absolute atomic E-state index is 0.149. The molecule has 0 spiro atoms. The molecule has 0 bridgehead atoms. The average molecular weight is 260 g/mol. The molecular weight excluding hydrogens is 248 g/mol. The second-order valence-corrected chi connectivity index (χ2v) is 3.67. The van der Waals surface area contributed by atoms with E-state index < -0.39 is 4.92 Å². The lowest BCUT2D eigenvalue weighted by atomic mass is 10.1. The minimum Gasteiger partial charge on any atom is -0.494 e. The van der Waals surface area contributed by atoms with Gasteiger partial charge in [-0.1, -0.05) is 0 Å². The highest BCUT2D eigenvalue weighted by Gasteiger charge is 2.21. The van der Waals surface area contributed by atoms with Gasteiger partial charge in [-0.2, -0.15) is 0 Å². The van der Waals surface area contributed by atoms with Crippen molar-refractivity contribution in [3.63, 3.8) is 0 Å². The summed E-state index contributed by atoms with van der Waals surface area (Å²) in [4.78, 5) is 18.0. The second kappa shape index (κ2) is 5.30. The van der Waals surface area contributed by atoms with E-state index in [1.807, 2.05) is 6.92 Å². The number of hydrogen-bond donors (Lipinski definition) is 1. The highest BCUT2D eigenvalue weighted by Crippen LogP contribution is 2.31. The van der Waals surface area contributed by atoms with Crippen LogP contribution in [-0.4, -0.2) is 21.5 Å². The maximum absolute atomic E-state index is 11.0. The number of nitro groups is 1. The lowest BCUT2D eigenvalue weighted by Gasteiger charge is -2.05. The lowest BCUT2D eigenvalue weighted by Crippen LogP contribution is -2.02. The Kier molecular flexibility index (Phi) is 3.56. The molecule has 19 heavy (non-hydrogen) atoms. The van der Waals surface area contributed by atoms with Crippen molar-refractivity contribution in [3.8, 4) is 17.0 Å². The molecule has 0 saturated carbocycles. The van der Waals surface area contributed by atoms with E-state index in [2.05, 4.69) is 9.97 Å². The number of rotatable bonds is 4. The van der Waals surface area contributed by atoms with E-state index in [-0.39, 0.29) is 17.2 Å². The molecule has 1 aromatic heterocycles. The van der Waals surface area contributed by atoms with Crippen molar-refractivity contribution in [1.82, 2.24) is 9.97 Å². The van der Waals surface area contributed by atoms with E-state index in [1.165, 1.54) is 6.33 Å². The van der Waals surface area contributed by atoms with Crippen LogP contribution in [0.5, 0.6) is 5.75 Å². The third-order valence-electron chi connectivity index (χ3n) is 2.47. The number of aromatic nitrogens is 2. The Morgan fingerprint density at radius 2 is 2.00 bits per heavy atom. The fourth-order valence-corrected chi connectivity index (χ4v) is 1.66. The van der Waals surface area contributed by atoms with Crippen molar-refractivity contribution >= 4 is 11.5 Å².